The van der Waals surface area contributed by atoms with Crippen LogP contribution in [0.4, 0.5) is 0 Å². The third-order valence-corrected chi connectivity index (χ3v) is 1.48. The summed E-state index contributed by atoms with van der Waals surface area (Å²) in [5.74, 6) is 0. The standard InChI is InChI=1S/C5H10O3/c6-8-7-5-3-1-2-4-5/h5-6H,1-4H2/p-1. The van der Waals surface area contributed by atoms with E-state index in [9.17, 15) is 5.26 Å². The lowest BCUT2D eigenvalue weighted by Gasteiger charge is -2.10. The molecule has 8 heavy (non-hydrogen) atoms. The summed E-state index contributed by atoms with van der Waals surface area (Å²) in [6.07, 6.45) is 4.35. The molecule has 1 saturated carbocycles. The van der Waals surface area contributed by atoms with Crippen LogP contribution < -0.4 is 5.26 Å². The Bertz CT molecular complexity index is 58.7. The molecule has 3 heteroatoms. The van der Waals surface area contributed by atoms with E-state index in [-0.39, 0.29) is 6.10 Å². The van der Waals surface area contributed by atoms with Gasteiger partial charge in [0.05, 0.1) is 6.10 Å². The van der Waals surface area contributed by atoms with Crippen molar-refractivity contribution in [2.24, 2.45) is 0 Å². The minimum Gasteiger partial charge on any atom is -0.692 e. The fourth-order valence-corrected chi connectivity index (χ4v) is 1.04. The molecule has 48 valence electrons. The third kappa shape index (κ3) is 1.43. The van der Waals surface area contributed by atoms with Crippen molar-refractivity contribution in [3.05, 3.63) is 0 Å². The van der Waals surface area contributed by atoms with Crippen molar-refractivity contribution in [3.8, 4) is 0 Å². The molecular weight excluding hydrogens is 108 g/mol. The molecule has 0 aliphatic heterocycles. The van der Waals surface area contributed by atoms with E-state index in [0.29, 0.717) is 0 Å². The summed E-state index contributed by atoms with van der Waals surface area (Å²) in [5.41, 5.74) is 0. The molecule has 1 aliphatic rings. The number of rotatable bonds is 2. The normalized spacial score (nSPS) is 22.1. The van der Waals surface area contributed by atoms with Crippen LogP contribution in [0.3, 0.4) is 0 Å². The van der Waals surface area contributed by atoms with E-state index in [4.69, 9.17) is 0 Å². The van der Waals surface area contributed by atoms with E-state index in [1.807, 2.05) is 0 Å². The van der Waals surface area contributed by atoms with E-state index < -0.39 is 0 Å². The zero-order valence-corrected chi connectivity index (χ0v) is 4.63. The van der Waals surface area contributed by atoms with Crippen molar-refractivity contribution >= 4 is 0 Å². The molecule has 1 rings (SSSR count). The lowest BCUT2D eigenvalue weighted by atomic mass is 10.3. The Morgan fingerprint density at radius 1 is 1.25 bits per heavy atom. The molecule has 0 atom stereocenters. The fourth-order valence-electron chi connectivity index (χ4n) is 1.04. The molecule has 0 aromatic heterocycles. The van der Waals surface area contributed by atoms with Gasteiger partial charge < -0.3 is 5.26 Å². The van der Waals surface area contributed by atoms with Crippen molar-refractivity contribution in [2.45, 2.75) is 31.8 Å². The highest BCUT2D eigenvalue weighted by atomic mass is 17.5. The summed E-state index contributed by atoms with van der Waals surface area (Å²) >= 11 is 0. The molecule has 0 aromatic rings. The van der Waals surface area contributed by atoms with Crippen LogP contribution in [-0.2, 0) is 9.93 Å². The van der Waals surface area contributed by atoms with E-state index in [1.165, 1.54) is 0 Å². The quantitative estimate of drug-likeness (QED) is 0.382. The Kier molecular flexibility index (Phi) is 2.27. The fraction of sp³-hybridized carbons (Fsp3) is 1.00. The molecule has 0 aromatic carbocycles. The predicted molar refractivity (Wildman–Crippen MR) is 24.4 cm³/mol. The van der Waals surface area contributed by atoms with Gasteiger partial charge in [0.2, 0.25) is 0 Å². The highest BCUT2D eigenvalue weighted by Crippen LogP contribution is 2.20. The Hall–Kier alpha value is -0.120. The maximum atomic E-state index is 9.36. The molecule has 1 aliphatic carbocycles. The van der Waals surface area contributed by atoms with Crippen LogP contribution in [-0.4, -0.2) is 6.10 Å². The molecule has 0 saturated heterocycles. The van der Waals surface area contributed by atoms with Gasteiger partial charge in [0.1, 0.15) is 0 Å². The molecule has 0 N–H and O–H groups in total. The van der Waals surface area contributed by atoms with Crippen LogP contribution in [0.25, 0.3) is 0 Å². The second-order valence-corrected chi connectivity index (χ2v) is 2.07. The average molecular weight is 117 g/mol. The molecule has 0 bridgehead atoms. The minimum atomic E-state index is 0.0764. The Balaban J connectivity index is 2.06. The molecule has 1 fully saturated rings. The highest BCUT2D eigenvalue weighted by molar-refractivity contribution is 4.64. The topological polar surface area (TPSA) is 41.5 Å². The van der Waals surface area contributed by atoms with Crippen LogP contribution >= 0.6 is 0 Å². The van der Waals surface area contributed by atoms with E-state index >= 15 is 0 Å². The van der Waals surface area contributed by atoms with Crippen LogP contribution in [0, 0.1) is 0 Å². The van der Waals surface area contributed by atoms with Gasteiger partial charge in [-0.25, -0.2) is 4.89 Å². The maximum Gasteiger partial charge on any atom is 0.0921 e. The van der Waals surface area contributed by atoms with Crippen molar-refractivity contribution in [3.63, 3.8) is 0 Å². The van der Waals surface area contributed by atoms with Gasteiger partial charge in [0.15, 0.2) is 0 Å². The van der Waals surface area contributed by atoms with Crippen LogP contribution in [0.1, 0.15) is 25.7 Å². The number of hydrogen-bond acceptors (Lipinski definition) is 3. The third-order valence-electron chi connectivity index (χ3n) is 1.48. The van der Waals surface area contributed by atoms with Gasteiger partial charge in [-0.2, -0.15) is 0 Å². The summed E-state index contributed by atoms with van der Waals surface area (Å²) in [4.78, 5) is 4.35. The summed E-state index contributed by atoms with van der Waals surface area (Å²) in [6, 6.07) is 0. The number of hydrogen-bond donors (Lipinski definition) is 0. The van der Waals surface area contributed by atoms with E-state index in [2.05, 4.69) is 9.93 Å². The first-order valence-corrected chi connectivity index (χ1v) is 2.89. The first kappa shape index (κ1) is 6.01. The van der Waals surface area contributed by atoms with Gasteiger partial charge in [0, 0.05) is 0 Å². The average Bonchev–Trinajstić information content (AvgIpc) is 2.19. The van der Waals surface area contributed by atoms with Crippen LogP contribution in [0.15, 0.2) is 0 Å². The monoisotopic (exact) mass is 117 g/mol. The van der Waals surface area contributed by atoms with Gasteiger partial charge >= 0.3 is 0 Å². The summed E-state index contributed by atoms with van der Waals surface area (Å²) in [5, 5.41) is 12.6. The second-order valence-electron chi connectivity index (χ2n) is 2.07. The SMILES string of the molecule is [O-]OOC1CCCC1. The smallest absolute Gasteiger partial charge is 0.0921 e. The first-order valence-electron chi connectivity index (χ1n) is 2.89. The lowest BCUT2D eigenvalue weighted by Crippen LogP contribution is -2.14. The molecule has 0 amide bonds. The van der Waals surface area contributed by atoms with Crippen LogP contribution in [0.2, 0.25) is 0 Å². The van der Waals surface area contributed by atoms with Gasteiger partial charge in [-0.3, -0.25) is 5.04 Å². The Morgan fingerprint density at radius 2 is 1.88 bits per heavy atom. The second kappa shape index (κ2) is 3.02. The predicted octanol–water partition coefficient (Wildman–Crippen LogP) is 0.152. The largest absolute Gasteiger partial charge is 0.692 e. The molecule has 3 nitrogen and oxygen atoms in total. The summed E-state index contributed by atoms with van der Waals surface area (Å²) in [7, 11) is 0. The summed E-state index contributed by atoms with van der Waals surface area (Å²) in [6.45, 7) is 0. The van der Waals surface area contributed by atoms with Crippen molar-refractivity contribution in [2.75, 3.05) is 0 Å². The zero-order valence-electron chi connectivity index (χ0n) is 4.63. The van der Waals surface area contributed by atoms with Gasteiger partial charge in [-0.05, 0) is 12.8 Å². The molecule has 0 unspecified atom stereocenters. The van der Waals surface area contributed by atoms with Crippen molar-refractivity contribution in [1.29, 1.82) is 0 Å². The van der Waals surface area contributed by atoms with Crippen molar-refractivity contribution < 1.29 is 15.2 Å². The molecule has 0 radical (unpaired) electrons. The van der Waals surface area contributed by atoms with Gasteiger partial charge in [0.25, 0.3) is 0 Å². The molecular formula is C5H9O3-. The minimum absolute atomic E-state index is 0.0764. The van der Waals surface area contributed by atoms with Crippen molar-refractivity contribution in [1.82, 2.24) is 0 Å². The van der Waals surface area contributed by atoms with Crippen LogP contribution in [0.5, 0.6) is 0 Å². The Morgan fingerprint density at radius 3 is 2.38 bits per heavy atom. The lowest BCUT2D eigenvalue weighted by molar-refractivity contribution is -0.804. The van der Waals surface area contributed by atoms with E-state index in [0.717, 1.165) is 25.7 Å². The van der Waals surface area contributed by atoms with Gasteiger partial charge in [-0.15, -0.1) is 0 Å². The Labute approximate surface area is 48.1 Å². The maximum absolute atomic E-state index is 9.36. The zero-order chi connectivity index (χ0) is 5.82. The summed E-state index contributed by atoms with van der Waals surface area (Å²) < 4.78 is 0. The van der Waals surface area contributed by atoms with E-state index in [1.54, 1.807) is 0 Å². The van der Waals surface area contributed by atoms with Gasteiger partial charge in [-0.1, -0.05) is 12.8 Å². The first-order chi connectivity index (χ1) is 3.93. The molecule has 0 spiro atoms. The molecule has 0 heterocycles. The highest BCUT2D eigenvalue weighted by Gasteiger charge is 2.14.